The number of amides is 1. The largest absolute Gasteiger partial charge is 0.471 e. The van der Waals surface area contributed by atoms with Crippen molar-refractivity contribution in [1.29, 1.82) is 0 Å². The highest BCUT2D eigenvalue weighted by Gasteiger charge is 2.30. The summed E-state index contributed by atoms with van der Waals surface area (Å²) in [4.78, 5) is 16.3. The van der Waals surface area contributed by atoms with Gasteiger partial charge in [0.2, 0.25) is 5.88 Å². The van der Waals surface area contributed by atoms with E-state index in [1.165, 1.54) is 18.3 Å². The van der Waals surface area contributed by atoms with E-state index < -0.39 is 11.7 Å². The first-order valence-corrected chi connectivity index (χ1v) is 8.04. The minimum atomic E-state index is -4.42. The average Bonchev–Trinajstić information content (AvgIpc) is 2.67. The fraction of sp³-hybridized carbons (Fsp3) is 0.100. The van der Waals surface area contributed by atoms with E-state index in [0.717, 1.165) is 12.1 Å². The maximum Gasteiger partial charge on any atom is 0.416 e. The number of ether oxygens (including phenoxy) is 1. The molecule has 0 atom stereocenters. The van der Waals surface area contributed by atoms with Gasteiger partial charge in [0.05, 0.1) is 5.56 Å². The number of pyridine rings is 1. The fourth-order valence-electron chi connectivity index (χ4n) is 2.37. The third kappa shape index (κ3) is 4.84. The van der Waals surface area contributed by atoms with Crippen LogP contribution >= 0.6 is 0 Å². The van der Waals surface area contributed by atoms with Gasteiger partial charge in [0.15, 0.2) is 0 Å². The van der Waals surface area contributed by atoms with Gasteiger partial charge in [0, 0.05) is 11.8 Å². The van der Waals surface area contributed by atoms with Gasteiger partial charge in [0.1, 0.15) is 12.3 Å². The van der Waals surface area contributed by atoms with Crippen LogP contribution in [0.1, 0.15) is 21.5 Å². The molecule has 0 aliphatic heterocycles. The number of hydrogen-bond acceptors (Lipinski definition) is 3. The molecule has 0 saturated heterocycles. The van der Waals surface area contributed by atoms with Crippen molar-refractivity contribution in [1.82, 2.24) is 4.98 Å². The summed E-state index contributed by atoms with van der Waals surface area (Å²) in [5.41, 5.74) is 0.390. The summed E-state index contributed by atoms with van der Waals surface area (Å²) in [6.07, 6.45) is -2.95. The van der Waals surface area contributed by atoms with Crippen LogP contribution in [0.3, 0.4) is 0 Å². The monoisotopic (exact) mass is 372 g/mol. The molecule has 3 aromatic rings. The number of benzene rings is 2. The molecular formula is C20H15F3N2O2. The zero-order chi connectivity index (χ0) is 19.3. The topological polar surface area (TPSA) is 51.2 Å². The number of hydrogen-bond donors (Lipinski definition) is 1. The Morgan fingerprint density at radius 1 is 1.00 bits per heavy atom. The highest BCUT2D eigenvalue weighted by Crippen LogP contribution is 2.30. The molecule has 0 radical (unpaired) electrons. The summed E-state index contributed by atoms with van der Waals surface area (Å²) in [5.74, 6) is -0.216. The van der Waals surface area contributed by atoms with Gasteiger partial charge in [0.25, 0.3) is 5.91 Å². The van der Waals surface area contributed by atoms with Crippen LogP contribution in [0, 0.1) is 0 Å². The lowest BCUT2D eigenvalue weighted by molar-refractivity contribution is -0.137. The molecule has 0 aliphatic carbocycles. The first-order valence-electron chi connectivity index (χ1n) is 8.04. The first-order chi connectivity index (χ1) is 12.9. The van der Waals surface area contributed by atoms with Gasteiger partial charge in [-0.05, 0) is 42.0 Å². The van der Waals surface area contributed by atoms with Crippen molar-refractivity contribution in [3.8, 4) is 5.88 Å². The molecule has 3 rings (SSSR count). The van der Waals surface area contributed by atoms with Crippen LogP contribution in [0.2, 0.25) is 0 Å². The first kappa shape index (κ1) is 18.4. The average molecular weight is 372 g/mol. The van der Waals surface area contributed by atoms with E-state index in [1.54, 1.807) is 42.5 Å². The van der Waals surface area contributed by atoms with E-state index in [4.69, 9.17) is 4.74 Å². The van der Waals surface area contributed by atoms with Crippen LogP contribution < -0.4 is 10.1 Å². The number of nitrogens with one attached hydrogen (secondary N) is 1. The maximum atomic E-state index is 12.8. The Labute approximate surface area is 153 Å². The zero-order valence-corrected chi connectivity index (χ0v) is 14.0. The smallest absolute Gasteiger partial charge is 0.416 e. The van der Waals surface area contributed by atoms with Gasteiger partial charge >= 0.3 is 6.18 Å². The molecule has 0 unspecified atom stereocenters. The minimum absolute atomic E-state index is 0.116. The van der Waals surface area contributed by atoms with E-state index in [1.807, 2.05) is 0 Å². The predicted molar refractivity (Wildman–Crippen MR) is 94.4 cm³/mol. The Balaban J connectivity index is 1.72. The Bertz CT molecular complexity index is 928. The number of carbonyl (C=O) groups excluding carboxylic acids is 1. The summed E-state index contributed by atoms with van der Waals surface area (Å²) in [6.45, 7) is -0.116. The second-order valence-corrected chi connectivity index (χ2v) is 5.66. The van der Waals surface area contributed by atoms with Crippen molar-refractivity contribution in [2.75, 3.05) is 5.32 Å². The molecule has 1 heterocycles. The Morgan fingerprint density at radius 2 is 1.78 bits per heavy atom. The summed E-state index contributed by atoms with van der Waals surface area (Å²) < 4.78 is 43.9. The van der Waals surface area contributed by atoms with E-state index in [9.17, 15) is 18.0 Å². The van der Waals surface area contributed by atoms with E-state index in [0.29, 0.717) is 16.8 Å². The third-order valence-electron chi connectivity index (χ3n) is 3.69. The summed E-state index contributed by atoms with van der Waals surface area (Å²) in [6, 6.07) is 16.7. The van der Waals surface area contributed by atoms with Crippen molar-refractivity contribution in [2.24, 2.45) is 0 Å². The highest BCUT2D eigenvalue weighted by molar-refractivity contribution is 6.04. The molecule has 27 heavy (non-hydrogen) atoms. The number of carbonyl (C=O) groups is 1. The Hall–Kier alpha value is -3.35. The van der Waals surface area contributed by atoms with Gasteiger partial charge in [-0.1, -0.05) is 30.3 Å². The molecule has 4 nitrogen and oxygen atoms in total. The lowest BCUT2D eigenvalue weighted by atomic mass is 10.1. The minimum Gasteiger partial charge on any atom is -0.471 e. The van der Waals surface area contributed by atoms with Gasteiger partial charge in [-0.2, -0.15) is 13.2 Å². The number of nitrogens with zero attached hydrogens (tertiary/aromatic N) is 1. The number of aromatic nitrogens is 1. The van der Waals surface area contributed by atoms with E-state index >= 15 is 0 Å². The lowest BCUT2D eigenvalue weighted by Crippen LogP contribution is -2.13. The van der Waals surface area contributed by atoms with Crippen LogP contribution in [0.25, 0.3) is 0 Å². The van der Waals surface area contributed by atoms with E-state index in [2.05, 4.69) is 10.3 Å². The highest BCUT2D eigenvalue weighted by atomic mass is 19.4. The molecule has 7 heteroatoms. The number of rotatable bonds is 5. The molecule has 0 fully saturated rings. The number of alkyl halides is 3. The van der Waals surface area contributed by atoms with Gasteiger partial charge in [-0.15, -0.1) is 0 Å². The van der Waals surface area contributed by atoms with Crippen LogP contribution in [-0.2, 0) is 12.8 Å². The molecule has 2 aromatic carbocycles. The quantitative estimate of drug-likeness (QED) is 0.691. The molecule has 1 N–H and O–H groups in total. The molecule has 138 valence electrons. The summed E-state index contributed by atoms with van der Waals surface area (Å²) >= 11 is 0. The lowest BCUT2D eigenvalue weighted by Gasteiger charge is -2.12. The fourth-order valence-corrected chi connectivity index (χ4v) is 2.37. The Kier molecular flexibility index (Phi) is 5.40. The number of anilines is 1. The van der Waals surface area contributed by atoms with Crippen LogP contribution in [-0.4, -0.2) is 10.9 Å². The maximum absolute atomic E-state index is 12.8. The summed E-state index contributed by atoms with van der Waals surface area (Å²) in [7, 11) is 0. The van der Waals surface area contributed by atoms with Gasteiger partial charge < -0.3 is 10.1 Å². The summed E-state index contributed by atoms with van der Waals surface area (Å²) in [5, 5.41) is 2.69. The predicted octanol–water partition coefficient (Wildman–Crippen LogP) is 4.93. The normalized spacial score (nSPS) is 11.1. The van der Waals surface area contributed by atoms with Crippen LogP contribution in [0.4, 0.5) is 18.9 Å². The SMILES string of the molecule is O=C(Nc1cccnc1OCc1cccc(C(F)(F)F)c1)c1ccccc1. The zero-order valence-electron chi connectivity index (χ0n) is 14.0. The van der Waals surface area contributed by atoms with Crippen molar-refractivity contribution < 1.29 is 22.7 Å². The molecule has 0 spiro atoms. The molecule has 0 bridgehead atoms. The van der Waals surface area contributed by atoms with Crippen molar-refractivity contribution in [3.63, 3.8) is 0 Å². The van der Waals surface area contributed by atoms with Crippen molar-refractivity contribution >= 4 is 11.6 Å². The molecule has 0 saturated carbocycles. The van der Waals surface area contributed by atoms with E-state index in [-0.39, 0.29) is 18.4 Å². The van der Waals surface area contributed by atoms with Crippen LogP contribution in [0.15, 0.2) is 72.9 Å². The molecule has 1 amide bonds. The van der Waals surface area contributed by atoms with Crippen LogP contribution in [0.5, 0.6) is 5.88 Å². The Morgan fingerprint density at radius 3 is 2.52 bits per heavy atom. The second-order valence-electron chi connectivity index (χ2n) is 5.66. The second kappa shape index (κ2) is 7.90. The van der Waals surface area contributed by atoms with Crippen molar-refractivity contribution in [2.45, 2.75) is 12.8 Å². The molecular weight excluding hydrogens is 357 g/mol. The van der Waals surface area contributed by atoms with Gasteiger partial charge in [-0.25, -0.2) is 4.98 Å². The third-order valence-corrected chi connectivity index (χ3v) is 3.69. The molecule has 0 aliphatic rings. The standard InChI is InChI=1S/C20H15F3N2O2/c21-20(22,23)16-9-4-6-14(12-16)13-27-19-17(10-5-11-24-19)25-18(26)15-7-2-1-3-8-15/h1-12H,13H2,(H,25,26). The van der Waals surface area contributed by atoms with Gasteiger partial charge in [-0.3, -0.25) is 4.79 Å². The number of halogens is 3. The molecule has 1 aromatic heterocycles. The van der Waals surface area contributed by atoms with Crippen molar-refractivity contribution in [3.05, 3.63) is 89.6 Å².